The van der Waals surface area contributed by atoms with E-state index in [1.54, 1.807) is 11.8 Å². The highest BCUT2D eigenvalue weighted by Gasteiger charge is 2.09. The third-order valence-corrected chi connectivity index (χ3v) is 2.95. The maximum Gasteiger partial charge on any atom is 0.164 e. The number of aromatic nitrogens is 3. The second-order valence-electron chi connectivity index (χ2n) is 4.76. The lowest BCUT2D eigenvalue weighted by Crippen LogP contribution is -2.17. The van der Waals surface area contributed by atoms with Crippen LogP contribution in [-0.2, 0) is 20.1 Å². The van der Waals surface area contributed by atoms with Crippen molar-refractivity contribution in [2.24, 2.45) is 12.8 Å². The maximum atomic E-state index is 5.80. The molecule has 2 aromatic rings. The average molecular weight is 276 g/mol. The van der Waals surface area contributed by atoms with Gasteiger partial charge < -0.3 is 15.2 Å². The van der Waals surface area contributed by atoms with E-state index in [1.807, 2.05) is 32.2 Å². The number of nitrogens with zero attached hydrogens (tertiary/aromatic N) is 3. The van der Waals surface area contributed by atoms with Crippen molar-refractivity contribution in [3.63, 3.8) is 0 Å². The first-order valence-electron chi connectivity index (χ1n) is 6.48. The molecule has 0 radical (unpaired) electrons. The molecule has 0 aliphatic rings. The van der Waals surface area contributed by atoms with Crippen LogP contribution < -0.4 is 15.2 Å². The number of aryl methyl sites for hydroxylation is 1. The summed E-state index contributed by atoms with van der Waals surface area (Å²) in [7, 11) is 3.45. The molecule has 1 aromatic heterocycles. The predicted octanol–water partition coefficient (Wildman–Crippen LogP) is 1.29. The van der Waals surface area contributed by atoms with E-state index in [0.717, 1.165) is 17.8 Å². The summed E-state index contributed by atoms with van der Waals surface area (Å²) in [5, 5.41) is 4.00. The summed E-state index contributed by atoms with van der Waals surface area (Å²) in [5.74, 6) is 2.14. The molecule has 2 N–H and O–H groups in total. The van der Waals surface area contributed by atoms with Crippen LogP contribution in [0.2, 0.25) is 0 Å². The summed E-state index contributed by atoms with van der Waals surface area (Å²) in [6.45, 7) is 2.32. The number of benzene rings is 1. The van der Waals surface area contributed by atoms with Gasteiger partial charge in [0, 0.05) is 13.1 Å². The summed E-state index contributed by atoms with van der Waals surface area (Å²) in [6.07, 6.45) is 2.31. The van der Waals surface area contributed by atoms with Gasteiger partial charge in [0.15, 0.2) is 17.3 Å². The third-order valence-electron chi connectivity index (χ3n) is 2.95. The zero-order chi connectivity index (χ0) is 14.5. The van der Waals surface area contributed by atoms with Gasteiger partial charge in [-0.1, -0.05) is 6.07 Å². The number of hydrogen-bond donors (Lipinski definition) is 1. The molecule has 6 nitrogen and oxygen atoms in total. The van der Waals surface area contributed by atoms with Crippen molar-refractivity contribution in [1.82, 2.24) is 14.8 Å². The number of ether oxygens (including phenoxy) is 2. The van der Waals surface area contributed by atoms with E-state index < -0.39 is 0 Å². The molecule has 108 valence electrons. The second-order valence-corrected chi connectivity index (χ2v) is 4.76. The first-order chi connectivity index (χ1) is 9.60. The standard InChI is InChI=1S/C14H20N4O2/c1-10(15)6-11-4-5-12(13(7-11)19-3)20-8-14-16-9-17-18(14)2/h4-5,7,9-10H,6,8,15H2,1-3H3. The van der Waals surface area contributed by atoms with Crippen LogP contribution in [-0.4, -0.2) is 27.9 Å². The van der Waals surface area contributed by atoms with Crippen molar-refractivity contribution >= 4 is 0 Å². The summed E-state index contributed by atoms with van der Waals surface area (Å²) in [6, 6.07) is 5.96. The van der Waals surface area contributed by atoms with Crippen molar-refractivity contribution in [2.75, 3.05) is 7.11 Å². The highest BCUT2D eigenvalue weighted by molar-refractivity contribution is 5.43. The van der Waals surface area contributed by atoms with E-state index in [4.69, 9.17) is 15.2 Å². The van der Waals surface area contributed by atoms with Gasteiger partial charge in [0.1, 0.15) is 12.9 Å². The minimum atomic E-state index is 0.116. The molecule has 2 rings (SSSR count). The molecule has 0 spiro atoms. The Morgan fingerprint density at radius 2 is 2.15 bits per heavy atom. The van der Waals surface area contributed by atoms with Gasteiger partial charge in [-0.15, -0.1) is 0 Å². The van der Waals surface area contributed by atoms with Crippen LogP contribution in [0.3, 0.4) is 0 Å². The Kier molecular flexibility index (Phi) is 4.57. The van der Waals surface area contributed by atoms with Crippen LogP contribution in [0.1, 0.15) is 18.3 Å². The maximum absolute atomic E-state index is 5.80. The molecule has 0 aliphatic carbocycles. The Labute approximate surface area is 118 Å². The van der Waals surface area contributed by atoms with Gasteiger partial charge in [-0.05, 0) is 31.0 Å². The molecule has 6 heteroatoms. The fraction of sp³-hybridized carbons (Fsp3) is 0.429. The smallest absolute Gasteiger partial charge is 0.164 e. The van der Waals surface area contributed by atoms with E-state index in [0.29, 0.717) is 18.1 Å². The molecule has 1 atom stereocenters. The van der Waals surface area contributed by atoms with E-state index in [2.05, 4.69) is 10.1 Å². The lowest BCUT2D eigenvalue weighted by Gasteiger charge is -2.12. The van der Waals surface area contributed by atoms with Gasteiger partial charge in [0.2, 0.25) is 0 Å². The molecule has 0 bridgehead atoms. The molecule has 0 saturated carbocycles. The number of methoxy groups -OCH3 is 1. The minimum Gasteiger partial charge on any atom is -0.493 e. The average Bonchev–Trinajstić information content (AvgIpc) is 2.82. The lowest BCUT2D eigenvalue weighted by atomic mass is 10.1. The van der Waals surface area contributed by atoms with Crippen LogP contribution in [0, 0.1) is 0 Å². The molecule has 0 fully saturated rings. The van der Waals surface area contributed by atoms with Gasteiger partial charge >= 0.3 is 0 Å². The Hall–Kier alpha value is -2.08. The van der Waals surface area contributed by atoms with E-state index in [9.17, 15) is 0 Å². The molecule has 20 heavy (non-hydrogen) atoms. The molecule has 1 unspecified atom stereocenters. The number of rotatable bonds is 6. The highest BCUT2D eigenvalue weighted by atomic mass is 16.5. The van der Waals surface area contributed by atoms with Gasteiger partial charge in [0.05, 0.1) is 7.11 Å². The topological polar surface area (TPSA) is 75.2 Å². The van der Waals surface area contributed by atoms with E-state index in [-0.39, 0.29) is 6.04 Å². The van der Waals surface area contributed by atoms with E-state index in [1.165, 1.54) is 6.33 Å². The Balaban J connectivity index is 2.09. The minimum absolute atomic E-state index is 0.116. The van der Waals surface area contributed by atoms with Gasteiger partial charge in [-0.3, -0.25) is 4.68 Å². The first kappa shape index (κ1) is 14.3. The third kappa shape index (κ3) is 3.48. The largest absolute Gasteiger partial charge is 0.493 e. The Morgan fingerprint density at radius 3 is 2.75 bits per heavy atom. The SMILES string of the molecule is COc1cc(CC(C)N)ccc1OCc1ncnn1C. The van der Waals surface area contributed by atoms with Crippen molar-refractivity contribution < 1.29 is 9.47 Å². The summed E-state index contributed by atoms with van der Waals surface area (Å²) >= 11 is 0. The predicted molar refractivity (Wildman–Crippen MR) is 75.7 cm³/mol. The molecule has 0 amide bonds. The van der Waals surface area contributed by atoms with Gasteiger partial charge in [0.25, 0.3) is 0 Å². The van der Waals surface area contributed by atoms with Crippen LogP contribution in [0.5, 0.6) is 11.5 Å². The van der Waals surface area contributed by atoms with Crippen molar-refractivity contribution in [1.29, 1.82) is 0 Å². The van der Waals surface area contributed by atoms with Gasteiger partial charge in [-0.2, -0.15) is 5.10 Å². The van der Waals surface area contributed by atoms with Crippen molar-refractivity contribution in [2.45, 2.75) is 26.0 Å². The molecule has 1 heterocycles. The monoisotopic (exact) mass is 276 g/mol. The summed E-state index contributed by atoms with van der Waals surface area (Å²) in [4.78, 5) is 4.11. The number of nitrogens with two attached hydrogens (primary N) is 1. The van der Waals surface area contributed by atoms with Gasteiger partial charge in [-0.25, -0.2) is 4.98 Å². The quantitative estimate of drug-likeness (QED) is 0.860. The van der Waals surface area contributed by atoms with Crippen LogP contribution >= 0.6 is 0 Å². The van der Waals surface area contributed by atoms with E-state index >= 15 is 0 Å². The zero-order valence-corrected chi connectivity index (χ0v) is 12.0. The Bertz CT molecular complexity index is 566. The Morgan fingerprint density at radius 1 is 1.35 bits per heavy atom. The molecular weight excluding hydrogens is 256 g/mol. The van der Waals surface area contributed by atoms with Crippen molar-refractivity contribution in [3.8, 4) is 11.5 Å². The first-order valence-corrected chi connectivity index (χ1v) is 6.48. The summed E-state index contributed by atoms with van der Waals surface area (Å²) in [5.41, 5.74) is 6.93. The summed E-state index contributed by atoms with van der Waals surface area (Å²) < 4.78 is 12.8. The molecule has 0 saturated heterocycles. The second kappa shape index (κ2) is 6.38. The zero-order valence-electron chi connectivity index (χ0n) is 12.0. The molecular formula is C14H20N4O2. The van der Waals surface area contributed by atoms with Crippen LogP contribution in [0.4, 0.5) is 0 Å². The fourth-order valence-corrected chi connectivity index (χ4v) is 1.92. The van der Waals surface area contributed by atoms with Crippen molar-refractivity contribution in [3.05, 3.63) is 35.9 Å². The lowest BCUT2D eigenvalue weighted by molar-refractivity contribution is 0.271. The molecule has 0 aliphatic heterocycles. The fourth-order valence-electron chi connectivity index (χ4n) is 1.92. The van der Waals surface area contributed by atoms with Crippen LogP contribution in [0.15, 0.2) is 24.5 Å². The molecule has 1 aromatic carbocycles. The normalized spacial score (nSPS) is 12.2. The number of hydrogen-bond acceptors (Lipinski definition) is 5. The highest BCUT2D eigenvalue weighted by Crippen LogP contribution is 2.29. The van der Waals surface area contributed by atoms with Crippen LogP contribution in [0.25, 0.3) is 0 Å².